The van der Waals surface area contributed by atoms with Crippen LogP contribution in [0.3, 0.4) is 0 Å². The largest absolute Gasteiger partial charge is 0.388 e. The number of carbonyl (C=O) groups is 1. The lowest BCUT2D eigenvalue weighted by molar-refractivity contribution is -0.129. The first-order valence-electron chi connectivity index (χ1n) is 11.0. The summed E-state index contributed by atoms with van der Waals surface area (Å²) in [6.07, 6.45) is 17.4. The number of unbranched alkanes of at least 4 members (excludes halogenated alkanes) is 5. The molecule has 0 amide bonds. The van der Waals surface area contributed by atoms with Crippen LogP contribution in [0.15, 0.2) is 54.9 Å². The van der Waals surface area contributed by atoms with Crippen LogP contribution in [0.4, 0.5) is 0 Å². The summed E-state index contributed by atoms with van der Waals surface area (Å²) in [6, 6.07) is 10.4. The summed E-state index contributed by atoms with van der Waals surface area (Å²) in [6.45, 7) is 4.39. The van der Waals surface area contributed by atoms with E-state index in [4.69, 9.17) is 4.74 Å². The van der Waals surface area contributed by atoms with Gasteiger partial charge in [0, 0.05) is 24.4 Å². The van der Waals surface area contributed by atoms with Gasteiger partial charge in [-0.2, -0.15) is 0 Å². The second-order valence-corrected chi connectivity index (χ2v) is 7.48. The van der Waals surface area contributed by atoms with Crippen molar-refractivity contribution in [2.24, 2.45) is 0 Å². The van der Waals surface area contributed by atoms with Gasteiger partial charge in [-0.25, -0.2) is 14.8 Å². The van der Waals surface area contributed by atoms with Crippen LogP contribution in [0.25, 0.3) is 0 Å². The minimum absolute atomic E-state index is 0.110. The van der Waals surface area contributed by atoms with Crippen LogP contribution in [0.2, 0.25) is 0 Å². The quantitative estimate of drug-likeness (QED) is 0.223. The summed E-state index contributed by atoms with van der Waals surface area (Å²) in [5, 5.41) is 0. The van der Waals surface area contributed by atoms with E-state index >= 15 is 0 Å². The lowest BCUT2D eigenvalue weighted by Gasteiger charge is -2.12. The molecule has 4 nitrogen and oxygen atoms in total. The lowest BCUT2D eigenvalue weighted by Crippen LogP contribution is -2.08. The highest BCUT2D eigenvalue weighted by atomic mass is 16.5. The molecule has 1 atom stereocenters. The number of nitrogens with zero attached hydrogens (tertiary/aromatic N) is 2. The average molecular weight is 395 g/mol. The zero-order valence-corrected chi connectivity index (χ0v) is 17.8. The lowest BCUT2D eigenvalue weighted by atomic mass is 9.93. The Hall–Kier alpha value is -2.49. The van der Waals surface area contributed by atoms with E-state index in [-0.39, 0.29) is 11.9 Å². The van der Waals surface area contributed by atoms with Crippen LogP contribution in [0, 0.1) is 0 Å². The predicted octanol–water partition coefficient (Wildman–Crippen LogP) is 6.43. The van der Waals surface area contributed by atoms with E-state index < -0.39 is 5.97 Å². The predicted molar refractivity (Wildman–Crippen MR) is 118 cm³/mol. The number of hydrogen-bond acceptors (Lipinski definition) is 4. The molecule has 0 saturated carbocycles. The molecule has 2 rings (SSSR count). The molecule has 156 valence electrons. The Morgan fingerprint density at radius 2 is 1.66 bits per heavy atom. The molecule has 1 aromatic carbocycles. The monoisotopic (exact) mass is 394 g/mol. The van der Waals surface area contributed by atoms with Gasteiger partial charge in [-0.1, -0.05) is 88.8 Å². The number of benzene rings is 1. The summed E-state index contributed by atoms with van der Waals surface area (Å²) >= 11 is 0. The molecule has 0 aliphatic heterocycles. The van der Waals surface area contributed by atoms with Gasteiger partial charge in [-0.3, -0.25) is 0 Å². The second kappa shape index (κ2) is 13.6. The molecule has 0 N–H and O–H groups in total. The van der Waals surface area contributed by atoms with Crippen molar-refractivity contribution in [2.45, 2.75) is 77.6 Å². The molecule has 1 heterocycles. The van der Waals surface area contributed by atoms with Gasteiger partial charge in [-0.05, 0) is 30.4 Å². The molecule has 29 heavy (non-hydrogen) atoms. The van der Waals surface area contributed by atoms with Crippen molar-refractivity contribution < 1.29 is 9.53 Å². The van der Waals surface area contributed by atoms with Gasteiger partial charge in [0.15, 0.2) is 0 Å². The van der Waals surface area contributed by atoms with Crippen molar-refractivity contribution >= 4 is 5.97 Å². The van der Waals surface area contributed by atoms with Crippen LogP contribution >= 0.6 is 0 Å². The molecular weight excluding hydrogens is 360 g/mol. The molecule has 4 heteroatoms. The fraction of sp³-hybridized carbons (Fsp3) is 0.480. The van der Waals surface area contributed by atoms with Gasteiger partial charge in [0.2, 0.25) is 0 Å². The number of rotatable bonds is 13. The maximum Gasteiger partial charge on any atom is 0.338 e. The Morgan fingerprint density at radius 3 is 2.34 bits per heavy atom. The molecular formula is C25H34N2O2. The van der Waals surface area contributed by atoms with Crippen LogP contribution in [-0.2, 0) is 11.2 Å². The van der Waals surface area contributed by atoms with Gasteiger partial charge >= 0.3 is 12.0 Å². The Labute approximate surface area is 175 Å². The van der Waals surface area contributed by atoms with Crippen molar-refractivity contribution in [1.82, 2.24) is 9.97 Å². The van der Waals surface area contributed by atoms with Gasteiger partial charge in [-0.15, -0.1) is 0 Å². The zero-order valence-electron chi connectivity index (χ0n) is 17.8. The third kappa shape index (κ3) is 9.03. The number of carbonyl (C=O) groups excluding carboxylic acids is 1. The van der Waals surface area contributed by atoms with E-state index in [1.54, 1.807) is 12.4 Å². The first-order valence-corrected chi connectivity index (χ1v) is 11.0. The fourth-order valence-corrected chi connectivity index (χ4v) is 3.27. The molecule has 0 aliphatic rings. The van der Waals surface area contributed by atoms with E-state index in [2.05, 4.69) is 35.9 Å². The van der Waals surface area contributed by atoms with Crippen LogP contribution in [0.5, 0.6) is 6.01 Å². The first kappa shape index (κ1) is 22.8. The van der Waals surface area contributed by atoms with Crippen LogP contribution < -0.4 is 4.74 Å². The summed E-state index contributed by atoms with van der Waals surface area (Å²) in [4.78, 5) is 20.6. The van der Waals surface area contributed by atoms with Crippen LogP contribution in [-0.4, -0.2) is 15.9 Å². The van der Waals surface area contributed by atoms with E-state index in [1.807, 2.05) is 24.3 Å². The number of esters is 1. The Bertz CT molecular complexity index is 726. The smallest absolute Gasteiger partial charge is 0.338 e. The zero-order chi connectivity index (χ0) is 20.7. The molecule has 0 fully saturated rings. The number of ether oxygens (including phenoxy) is 1. The van der Waals surface area contributed by atoms with Gasteiger partial charge < -0.3 is 4.74 Å². The number of aryl methyl sites for hydroxylation is 1. The maximum atomic E-state index is 12.2. The second-order valence-electron chi connectivity index (χ2n) is 7.48. The van der Waals surface area contributed by atoms with Gasteiger partial charge in [0.25, 0.3) is 0 Å². The molecule has 2 aromatic rings. The summed E-state index contributed by atoms with van der Waals surface area (Å²) in [5.41, 5.74) is 2.30. The molecule has 0 spiro atoms. The third-order valence-corrected chi connectivity index (χ3v) is 5.00. The Balaban J connectivity index is 1.85. The Kier molecular flexibility index (Phi) is 10.7. The summed E-state index contributed by atoms with van der Waals surface area (Å²) in [7, 11) is 0. The van der Waals surface area contributed by atoms with Crippen molar-refractivity contribution in [3.63, 3.8) is 0 Å². The van der Waals surface area contributed by atoms with E-state index in [0.29, 0.717) is 0 Å². The van der Waals surface area contributed by atoms with E-state index in [9.17, 15) is 4.79 Å². The van der Waals surface area contributed by atoms with Crippen molar-refractivity contribution in [3.05, 3.63) is 66.0 Å². The highest BCUT2D eigenvalue weighted by Crippen LogP contribution is 2.23. The maximum absolute atomic E-state index is 12.2. The first-order chi connectivity index (χ1) is 14.2. The van der Waals surface area contributed by atoms with Crippen molar-refractivity contribution in [2.75, 3.05) is 0 Å². The molecule has 0 bridgehead atoms. The normalized spacial score (nSPS) is 12.2. The van der Waals surface area contributed by atoms with Crippen molar-refractivity contribution in [3.8, 4) is 6.01 Å². The SMILES string of the molecule is CCCCCCCc1cnc(OC(=O)/C=C/C(CCCC)c2ccccc2)nc1. The average Bonchev–Trinajstić information content (AvgIpc) is 2.75. The number of hydrogen-bond donors (Lipinski definition) is 0. The molecule has 1 unspecified atom stereocenters. The van der Waals surface area contributed by atoms with Crippen molar-refractivity contribution in [1.29, 1.82) is 0 Å². The third-order valence-electron chi connectivity index (χ3n) is 5.00. The standard InChI is InChI=1S/C25H34N2O2/c1-3-5-7-8-10-13-21-19-26-25(27-20-21)29-24(28)18-17-23(14-6-4-2)22-15-11-9-12-16-22/h9,11-12,15-20,23H,3-8,10,13-14H2,1-2H3/b18-17+. The van der Waals surface area contributed by atoms with Gasteiger partial charge in [0.1, 0.15) is 0 Å². The highest BCUT2D eigenvalue weighted by Gasteiger charge is 2.09. The molecule has 1 aromatic heterocycles. The number of aromatic nitrogens is 2. The molecule has 0 saturated heterocycles. The topological polar surface area (TPSA) is 52.1 Å². The Morgan fingerprint density at radius 1 is 0.966 bits per heavy atom. The minimum Gasteiger partial charge on any atom is -0.388 e. The van der Waals surface area contributed by atoms with Gasteiger partial charge in [0.05, 0.1) is 0 Å². The summed E-state index contributed by atoms with van der Waals surface area (Å²) < 4.78 is 5.27. The molecule has 0 radical (unpaired) electrons. The molecule has 0 aliphatic carbocycles. The minimum atomic E-state index is -0.435. The summed E-state index contributed by atoms with van der Waals surface area (Å²) in [5.74, 6) is -0.227. The van der Waals surface area contributed by atoms with E-state index in [1.165, 1.54) is 37.3 Å². The van der Waals surface area contributed by atoms with Crippen LogP contribution in [0.1, 0.15) is 82.3 Å². The fourth-order valence-electron chi connectivity index (χ4n) is 3.27. The highest BCUT2D eigenvalue weighted by molar-refractivity contribution is 5.83. The number of allylic oxidation sites excluding steroid dienone is 1. The van der Waals surface area contributed by atoms with E-state index in [0.717, 1.165) is 37.7 Å².